The van der Waals surface area contributed by atoms with Crippen molar-refractivity contribution in [1.29, 1.82) is 0 Å². The van der Waals surface area contributed by atoms with Crippen LogP contribution in [0.4, 0.5) is 5.82 Å². The van der Waals surface area contributed by atoms with Gasteiger partial charge in [0.2, 0.25) is 5.91 Å². The molecule has 20 heavy (non-hydrogen) atoms. The lowest BCUT2D eigenvalue weighted by molar-refractivity contribution is -0.116. The molecule has 0 unspecified atom stereocenters. The van der Waals surface area contributed by atoms with Gasteiger partial charge in [-0.05, 0) is 17.5 Å². The van der Waals surface area contributed by atoms with Crippen LogP contribution < -0.4 is 16.0 Å². The van der Waals surface area contributed by atoms with E-state index in [2.05, 4.69) is 38.0 Å². The van der Waals surface area contributed by atoms with E-state index in [1.165, 1.54) is 0 Å². The summed E-state index contributed by atoms with van der Waals surface area (Å²) in [6.45, 7) is 10.2. The summed E-state index contributed by atoms with van der Waals surface area (Å²) in [5.41, 5.74) is 6.43. The lowest BCUT2D eigenvalue weighted by Crippen LogP contribution is -2.36. The molecule has 0 atom stereocenters. The second-order valence-corrected chi connectivity index (χ2v) is 5.80. The normalized spacial score (nSPS) is 11.1. The molecule has 0 spiro atoms. The molecule has 0 aromatic carbocycles. The first-order valence-corrected chi connectivity index (χ1v) is 7.10. The van der Waals surface area contributed by atoms with Crippen LogP contribution in [0.15, 0.2) is 18.3 Å². The van der Waals surface area contributed by atoms with E-state index >= 15 is 0 Å². The third-order valence-corrected chi connectivity index (χ3v) is 2.78. The van der Waals surface area contributed by atoms with Crippen LogP contribution in [0.25, 0.3) is 0 Å². The smallest absolute Gasteiger partial charge is 0.236 e. The summed E-state index contributed by atoms with van der Waals surface area (Å²) in [6.07, 6.45) is 1.85. The minimum absolute atomic E-state index is 0.203. The molecule has 0 saturated heterocycles. The molecule has 0 aliphatic rings. The molecule has 0 fully saturated rings. The molecule has 1 rings (SSSR count). The molecule has 5 nitrogen and oxygen atoms in total. The van der Waals surface area contributed by atoms with E-state index in [-0.39, 0.29) is 12.5 Å². The van der Waals surface area contributed by atoms with Gasteiger partial charge in [-0.15, -0.1) is 0 Å². The van der Waals surface area contributed by atoms with Crippen LogP contribution >= 0.6 is 0 Å². The maximum Gasteiger partial charge on any atom is 0.236 e. The van der Waals surface area contributed by atoms with E-state index < -0.39 is 0 Å². The Morgan fingerprint density at radius 3 is 2.50 bits per heavy atom. The quantitative estimate of drug-likeness (QED) is 0.756. The Morgan fingerprint density at radius 1 is 1.35 bits per heavy atom. The molecule has 1 aromatic heterocycles. The summed E-state index contributed by atoms with van der Waals surface area (Å²) in [4.78, 5) is 17.5. The molecule has 0 aliphatic carbocycles. The molecule has 0 aliphatic heterocycles. The van der Waals surface area contributed by atoms with E-state index in [9.17, 15) is 4.79 Å². The van der Waals surface area contributed by atoms with Gasteiger partial charge in [0.1, 0.15) is 5.82 Å². The number of hydrogen-bond acceptors (Lipinski definition) is 4. The lowest BCUT2D eigenvalue weighted by Gasteiger charge is -2.24. The number of aromatic nitrogens is 1. The molecule has 0 bridgehead atoms. The number of nitrogens with two attached hydrogens (primary N) is 1. The fourth-order valence-corrected chi connectivity index (χ4v) is 1.90. The van der Waals surface area contributed by atoms with Gasteiger partial charge in [0.25, 0.3) is 0 Å². The first-order valence-electron chi connectivity index (χ1n) is 7.10. The highest BCUT2D eigenvalue weighted by atomic mass is 16.1. The number of rotatable bonds is 8. The Hall–Kier alpha value is -1.62. The van der Waals surface area contributed by atoms with Gasteiger partial charge in [0, 0.05) is 25.3 Å². The Bertz CT molecular complexity index is 414. The summed E-state index contributed by atoms with van der Waals surface area (Å²) in [6, 6.07) is 4.43. The van der Waals surface area contributed by atoms with Gasteiger partial charge in [-0.3, -0.25) is 4.79 Å². The van der Waals surface area contributed by atoms with E-state index in [0.717, 1.165) is 24.5 Å². The van der Waals surface area contributed by atoms with Crippen LogP contribution in [0.5, 0.6) is 0 Å². The van der Waals surface area contributed by atoms with E-state index in [4.69, 9.17) is 5.73 Å². The standard InChI is InChI=1S/C15H26N4O/c1-11(2)9-19(10-14(16)20)15-6-5-13(8-18-15)7-17-12(3)4/h5-6,8,11-12,17H,7,9-10H2,1-4H3,(H2,16,20). The molecule has 0 radical (unpaired) electrons. The molecule has 5 heteroatoms. The van der Waals surface area contributed by atoms with E-state index in [0.29, 0.717) is 12.0 Å². The first-order chi connectivity index (χ1) is 9.38. The largest absolute Gasteiger partial charge is 0.368 e. The zero-order valence-electron chi connectivity index (χ0n) is 12.9. The number of carbonyl (C=O) groups excluding carboxylic acids is 1. The fourth-order valence-electron chi connectivity index (χ4n) is 1.90. The van der Waals surface area contributed by atoms with Crippen LogP contribution in [-0.4, -0.2) is 30.0 Å². The van der Waals surface area contributed by atoms with Crippen LogP contribution in [-0.2, 0) is 11.3 Å². The van der Waals surface area contributed by atoms with Crippen molar-refractivity contribution >= 4 is 11.7 Å². The molecule has 112 valence electrons. The summed E-state index contributed by atoms with van der Waals surface area (Å²) >= 11 is 0. The second-order valence-electron chi connectivity index (χ2n) is 5.80. The summed E-state index contributed by atoms with van der Waals surface area (Å²) in [7, 11) is 0. The molecule has 3 N–H and O–H groups in total. The van der Waals surface area contributed by atoms with Crippen molar-refractivity contribution in [2.24, 2.45) is 11.7 Å². The number of hydrogen-bond donors (Lipinski definition) is 2. The second kappa shape index (κ2) is 7.85. The van der Waals surface area contributed by atoms with Crippen molar-refractivity contribution in [2.45, 2.75) is 40.3 Å². The van der Waals surface area contributed by atoms with Crippen molar-refractivity contribution in [2.75, 3.05) is 18.0 Å². The van der Waals surface area contributed by atoms with E-state index in [1.54, 1.807) is 0 Å². The van der Waals surface area contributed by atoms with Crippen molar-refractivity contribution < 1.29 is 4.79 Å². The predicted octanol–water partition coefficient (Wildman–Crippen LogP) is 1.53. The maximum absolute atomic E-state index is 11.2. The lowest BCUT2D eigenvalue weighted by atomic mass is 10.2. The van der Waals surface area contributed by atoms with E-state index in [1.807, 2.05) is 23.2 Å². The third kappa shape index (κ3) is 6.02. The average molecular weight is 278 g/mol. The highest BCUT2D eigenvalue weighted by Crippen LogP contribution is 2.13. The van der Waals surface area contributed by atoms with Gasteiger partial charge in [-0.1, -0.05) is 33.8 Å². The van der Waals surface area contributed by atoms with Crippen LogP contribution in [0, 0.1) is 5.92 Å². The minimum Gasteiger partial charge on any atom is -0.368 e. The Kier molecular flexibility index (Phi) is 6.45. The van der Waals surface area contributed by atoms with Crippen molar-refractivity contribution in [1.82, 2.24) is 10.3 Å². The zero-order valence-corrected chi connectivity index (χ0v) is 12.9. The van der Waals surface area contributed by atoms with Gasteiger partial charge < -0.3 is 16.0 Å². The molecule has 1 heterocycles. The molecule has 1 amide bonds. The Morgan fingerprint density at radius 2 is 2.05 bits per heavy atom. The number of pyridine rings is 1. The van der Waals surface area contributed by atoms with Gasteiger partial charge in [0.15, 0.2) is 0 Å². The van der Waals surface area contributed by atoms with Gasteiger partial charge in [-0.25, -0.2) is 4.98 Å². The molecule has 0 saturated carbocycles. The number of nitrogens with one attached hydrogen (secondary N) is 1. The molecular formula is C15H26N4O. The van der Waals surface area contributed by atoms with Crippen LogP contribution in [0.2, 0.25) is 0 Å². The minimum atomic E-state index is -0.335. The fraction of sp³-hybridized carbons (Fsp3) is 0.600. The van der Waals surface area contributed by atoms with Crippen molar-refractivity contribution in [3.63, 3.8) is 0 Å². The van der Waals surface area contributed by atoms with Crippen molar-refractivity contribution in [3.8, 4) is 0 Å². The van der Waals surface area contributed by atoms with Gasteiger partial charge in [-0.2, -0.15) is 0 Å². The highest BCUT2D eigenvalue weighted by molar-refractivity contribution is 5.79. The Labute approximate surface area is 121 Å². The van der Waals surface area contributed by atoms with Gasteiger partial charge in [0.05, 0.1) is 6.54 Å². The number of primary amides is 1. The number of amides is 1. The van der Waals surface area contributed by atoms with Crippen LogP contribution in [0.1, 0.15) is 33.3 Å². The number of nitrogens with zero attached hydrogens (tertiary/aromatic N) is 2. The van der Waals surface area contributed by atoms with Crippen molar-refractivity contribution in [3.05, 3.63) is 23.9 Å². The predicted molar refractivity (Wildman–Crippen MR) is 82.5 cm³/mol. The average Bonchev–Trinajstić information content (AvgIpc) is 2.35. The van der Waals surface area contributed by atoms with Crippen LogP contribution in [0.3, 0.4) is 0 Å². The highest BCUT2D eigenvalue weighted by Gasteiger charge is 2.12. The monoisotopic (exact) mass is 278 g/mol. The molecule has 1 aromatic rings. The SMILES string of the molecule is CC(C)CN(CC(N)=O)c1ccc(CNC(C)C)cn1. The third-order valence-electron chi connectivity index (χ3n) is 2.78. The zero-order chi connectivity index (χ0) is 15.1. The summed E-state index contributed by atoms with van der Waals surface area (Å²) in [5.74, 6) is 0.905. The Balaban J connectivity index is 2.73. The molecular weight excluding hydrogens is 252 g/mol. The number of carbonyl (C=O) groups is 1. The summed E-state index contributed by atoms with van der Waals surface area (Å²) < 4.78 is 0. The maximum atomic E-state index is 11.2. The summed E-state index contributed by atoms with van der Waals surface area (Å²) in [5, 5.41) is 3.35. The topological polar surface area (TPSA) is 71.2 Å². The number of anilines is 1. The van der Waals surface area contributed by atoms with Gasteiger partial charge >= 0.3 is 0 Å². The first kappa shape index (κ1) is 16.4.